The lowest BCUT2D eigenvalue weighted by Gasteiger charge is -2.12. The van der Waals surface area contributed by atoms with Gasteiger partial charge >= 0.3 is 0 Å². The fourth-order valence-corrected chi connectivity index (χ4v) is 4.17. The molecule has 3 aromatic rings. The van der Waals surface area contributed by atoms with Crippen LogP contribution in [0.3, 0.4) is 0 Å². The summed E-state index contributed by atoms with van der Waals surface area (Å²) in [6.07, 6.45) is 10.4. The maximum atomic E-state index is 4.46. The number of hydrogen-bond donors (Lipinski definition) is 1. The number of rotatable bonds is 4. The smallest absolute Gasteiger partial charge is 0.138 e. The van der Waals surface area contributed by atoms with Crippen LogP contribution in [0.2, 0.25) is 0 Å². The van der Waals surface area contributed by atoms with E-state index in [1.54, 1.807) is 12.5 Å². The molecule has 0 fully saturated rings. The third-order valence-electron chi connectivity index (χ3n) is 3.94. The summed E-state index contributed by atoms with van der Waals surface area (Å²) in [5, 5.41) is 8.92. The first-order chi connectivity index (χ1) is 10.4. The molecule has 0 saturated heterocycles. The molecule has 0 aromatic carbocycles. The Balaban J connectivity index is 1.60. The van der Waals surface area contributed by atoms with Gasteiger partial charge in [0.15, 0.2) is 0 Å². The van der Waals surface area contributed by atoms with Crippen LogP contribution in [0.1, 0.15) is 23.3 Å². The van der Waals surface area contributed by atoms with Gasteiger partial charge in [0.25, 0.3) is 0 Å². The molecule has 0 bridgehead atoms. The number of nitrogens with zero attached hydrogens (tertiary/aromatic N) is 4. The van der Waals surface area contributed by atoms with Gasteiger partial charge in [-0.3, -0.25) is 4.68 Å². The molecule has 0 atom stereocenters. The number of hydrogen-bond acceptors (Lipinski definition) is 5. The minimum absolute atomic E-state index is 0.818. The molecule has 5 nitrogen and oxygen atoms in total. The second-order valence-corrected chi connectivity index (χ2v) is 6.39. The van der Waals surface area contributed by atoms with Gasteiger partial charge in [-0.1, -0.05) is 0 Å². The van der Waals surface area contributed by atoms with Crippen molar-refractivity contribution in [2.75, 3.05) is 11.9 Å². The highest BCUT2D eigenvalue weighted by Crippen LogP contribution is 2.37. The monoisotopic (exact) mass is 299 g/mol. The molecule has 0 aliphatic heterocycles. The average molecular weight is 299 g/mol. The van der Waals surface area contributed by atoms with E-state index in [1.807, 2.05) is 28.3 Å². The minimum atomic E-state index is 0.818. The summed E-state index contributed by atoms with van der Waals surface area (Å²) in [5.74, 6) is 0.978. The Morgan fingerprint density at radius 3 is 3.10 bits per heavy atom. The number of fused-ring (bicyclic) bond motifs is 3. The number of thiophene rings is 1. The zero-order valence-electron chi connectivity index (χ0n) is 11.7. The van der Waals surface area contributed by atoms with Crippen LogP contribution in [0, 0.1) is 0 Å². The largest absolute Gasteiger partial charge is 0.368 e. The van der Waals surface area contributed by atoms with E-state index in [4.69, 9.17) is 0 Å². The molecule has 1 aliphatic carbocycles. The molecular formula is C15H17N5S. The average Bonchev–Trinajstić information content (AvgIpc) is 3.14. The number of aromatic nitrogens is 4. The number of aryl methyl sites for hydroxylation is 2. The maximum Gasteiger partial charge on any atom is 0.138 e. The van der Waals surface area contributed by atoms with Gasteiger partial charge in [-0.25, -0.2) is 9.97 Å². The Morgan fingerprint density at radius 2 is 2.19 bits per heavy atom. The summed E-state index contributed by atoms with van der Waals surface area (Å²) < 4.78 is 1.93. The van der Waals surface area contributed by atoms with Crippen molar-refractivity contribution in [2.24, 2.45) is 0 Å². The van der Waals surface area contributed by atoms with Crippen LogP contribution < -0.4 is 5.32 Å². The molecule has 1 N–H and O–H groups in total. The highest BCUT2D eigenvalue weighted by Gasteiger charge is 2.19. The van der Waals surface area contributed by atoms with Gasteiger partial charge in [-0.15, -0.1) is 11.3 Å². The molecule has 0 amide bonds. The highest BCUT2D eigenvalue weighted by molar-refractivity contribution is 7.19. The Hall–Kier alpha value is -1.95. The van der Waals surface area contributed by atoms with Crippen molar-refractivity contribution in [2.45, 2.75) is 32.2 Å². The molecule has 21 heavy (non-hydrogen) atoms. The lowest BCUT2D eigenvalue weighted by atomic mass is 9.97. The third-order valence-corrected chi connectivity index (χ3v) is 5.14. The molecule has 0 radical (unpaired) electrons. The van der Waals surface area contributed by atoms with E-state index in [2.05, 4.69) is 20.4 Å². The van der Waals surface area contributed by atoms with E-state index in [1.165, 1.54) is 35.1 Å². The summed E-state index contributed by atoms with van der Waals surface area (Å²) in [6, 6.07) is 1.94. The van der Waals surface area contributed by atoms with Gasteiger partial charge in [0, 0.05) is 23.8 Å². The lowest BCUT2D eigenvalue weighted by molar-refractivity contribution is 0.637. The molecule has 1 aliphatic rings. The standard InChI is InChI=1S/C15H17N5S/c1-2-5-12-11(4-1)13-14(17-10-18-15(13)21-12)16-7-9-20-8-3-6-19-20/h3,6,8,10H,1-2,4-5,7,9H2,(H,16,17,18). The SMILES string of the molecule is c1cnn(CCNc2ncnc3sc4c(c23)CCCC4)c1. The molecule has 108 valence electrons. The first kappa shape index (κ1) is 12.8. The van der Waals surface area contributed by atoms with Crippen LogP contribution in [0.4, 0.5) is 5.82 Å². The number of anilines is 1. The fraction of sp³-hybridized carbons (Fsp3) is 0.400. The van der Waals surface area contributed by atoms with Crippen molar-refractivity contribution in [3.63, 3.8) is 0 Å². The first-order valence-corrected chi connectivity index (χ1v) is 8.20. The summed E-state index contributed by atoms with van der Waals surface area (Å²) >= 11 is 1.84. The lowest BCUT2D eigenvalue weighted by Crippen LogP contribution is -2.12. The van der Waals surface area contributed by atoms with Crippen LogP contribution in [-0.4, -0.2) is 26.3 Å². The summed E-state index contributed by atoms with van der Waals surface area (Å²) in [4.78, 5) is 11.5. The van der Waals surface area contributed by atoms with Crippen molar-refractivity contribution in [3.05, 3.63) is 35.2 Å². The molecule has 0 spiro atoms. The minimum Gasteiger partial charge on any atom is -0.368 e. The van der Waals surface area contributed by atoms with Crippen LogP contribution in [0.15, 0.2) is 24.8 Å². The van der Waals surface area contributed by atoms with Crippen LogP contribution in [0.25, 0.3) is 10.2 Å². The van der Waals surface area contributed by atoms with E-state index in [9.17, 15) is 0 Å². The van der Waals surface area contributed by atoms with E-state index >= 15 is 0 Å². The Bertz CT molecular complexity index is 747. The fourth-order valence-electron chi connectivity index (χ4n) is 2.95. The van der Waals surface area contributed by atoms with Crippen molar-refractivity contribution in [1.29, 1.82) is 0 Å². The summed E-state index contributed by atoms with van der Waals surface area (Å²) in [5.41, 5.74) is 1.48. The van der Waals surface area contributed by atoms with Crippen LogP contribution in [-0.2, 0) is 19.4 Å². The normalized spacial score (nSPS) is 14.3. The second kappa shape index (κ2) is 5.44. The third kappa shape index (κ3) is 2.40. The molecular weight excluding hydrogens is 282 g/mol. The molecule has 4 rings (SSSR count). The van der Waals surface area contributed by atoms with Crippen molar-refractivity contribution < 1.29 is 0 Å². The maximum absolute atomic E-state index is 4.46. The first-order valence-electron chi connectivity index (χ1n) is 7.38. The predicted octanol–water partition coefficient (Wildman–Crippen LogP) is 2.88. The van der Waals surface area contributed by atoms with Crippen LogP contribution in [0.5, 0.6) is 0 Å². The Kier molecular flexibility index (Phi) is 3.31. The van der Waals surface area contributed by atoms with E-state index in [-0.39, 0.29) is 0 Å². The second-order valence-electron chi connectivity index (χ2n) is 5.31. The van der Waals surface area contributed by atoms with Crippen molar-refractivity contribution >= 4 is 27.4 Å². The molecule has 0 unspecified atom stereocenters. The van der Waals surface area contributed by atoms with Crippen molar-refractivity contribution in [3.8, 4) is 0 Å². The molecule has 3 aromatic heterocycles. The topological polar surface area (TPSA) is 55.6 Å². The van der Waals surface area contributed by atoms with E-state index in [0.717, 1.165) is 30.2 Å². The van der Waals surface area contributed by atoms with Gasteiger partial charge in [0.2, 0.25) is 0 Å². The van der Waals surface area contributed by atoms with Gasteiger partial charge in [0.1, 0.15) is 17.0 Å². The van der Waals surface area contributed by atoms with Crippen molar-refractivity contribution in [1.82, 2.24) is 19.7 Å². The Morgan fingerprint density at radius 1 is 1.24 bits per heavy atom. The van der Waals surface area contributed by atoms with E-state index < -0.39 is 0 Å². The van der Waals surface area contributed by atoms with Gasteiger partial charge in [-0.05, 0) is 37.3 Å². The molecule has 6 heteroatoms. The zero-order chi connectivity index (χ0) is 14.1. The number of nitrogens with one attached hydrogen (secondary N) is 1. The molecule has 0 saturated carbocycles. The van der Waals surface area contributed by atoms with E-state index in [0.29, 0.717) is 0 Å². The molecule has 3 heterocycles. The highest BCUT2D eigenvalue weighted by atomic mass is 32.1. The summed E-state index contributed by atoms with van der Waals surface area (Å²) in [6.45, 7) is 1.66. The van der Waals surface area contributed by atoms with Crippen LogP contribution >= 0.6 is 11.3 Å². The Labute approximate surface area is 127 Å². The quantitative estimate of drug-likeness (QED) is 0.805. The van der Waals surface area contributed by atoms with Gasteiger partial charge in [0.05, 0.1) is 11.9 Å². The predicted molar refractivity (Wildman–Crippen MR) is 84.8 cm³/mol. The summed E-state index contributed by atoms with van der Waals surface area (Å²) in [7, 11) is 0. The van der Waals surface area contributed by atoms with Gasteiger partial charge < -0.3 is 5.32 Å². The van der Waals surface area contributed by atoms with Gasteiger partial charge in [-0.2, -0.15) is 5.10 Å². The zero-order valence-corrected chi connectivity index (χ0v) is 12.6.